The first kappa shape index (κ1) is 23.1. The van der Waals surface area contributed by atoms with Crippen LogP contribution in [0.25, 0.3) is 0 Å². The fourth-order valence-corrected chi connectivity index (χ4v) is 4.84. The maximum Gasteiger partial charge on any atom is 0.228 e. The van der Waals surface area contributed by atoms with Crippen LogP contribution in [0.15, 0.2) is 29.6 Å². The monoisotopic (exact) mass is 445 g/mol. The van der Waals surface area contributed by atoms with Crippen LogP contribution in [0, 0.1) is 11.2 Å². The molecule has 1 amide bonds. The number of nitrogens with zero attached hydrogens (tertiary/aromatic N) is 2. The molecule has 2 aliphatic rings. The number of benzene rings is 1. The number of piperidine rings is 1. The number of nitrogens with one attached hydrogen (secondary N) is 1. The summed E-state index contributed by atoms with van der Waals surface area (Å²) in [7, 11) is 0. The first-order valence-corrected chi connectivity index (χ1v) is 10.2. The Labute approximate surface area is 181 Å². The molecule has 0 saturated carbocycles. The van der Waals surface area contributed by atoms with Gasteiger partial charge in [-0.25, -0.2) is 9.37 Å². The van der Waals surface area contributed by atoms with E-state index in [4.69, 9.17) is 0 Å². The molecule has 4 rings (SSSR count). The molecule has 4 nitrogen and oxygen atoms in total. The van der Waals surface area contributed by atoms with E-state index in [9.17, 15) is 9.18 Å². The highest BCUT2D eigenvalue weighted by molar-refractivity contribution is 7.09. The second kappa shape index (κ2) is 10.0. The lowest BCUT2D eigenvalue weighted by molar-refractivity contribution is -0.132. The lowest BCUT2D eigenvalue weighted by atomic mass is 9.78. The molecule has 1 spiro atoms. The van der Waals surface area contributed by atoms with Crippen molar-refractivity contribution in [1.82, 2.24) is 15.2 Å². The van der Waals surface area contributed by atoms with Crippen LogP contribution in [0.5, 0.6) is 0 Å². The van der Waals surface area contributed by atoms with Crippen LogP contribution in [0.3, 0.4) is 0 Å². The van der Waals surface area contributed by atoms with Crippen molar-refractivity contribution in [3.8, 4) is 0 Å². The van der Waals surface area contributed by atoms with Gasteiger partial charge >= 0.3 is 0 Å². The molecule has 28 heavy (non-hydrogen) atoms. The van der Waals surface area contributed by atoms with Crippen molar-refractivity contribution in [1.29, 1.82) is 0 Å². The summed E-state index contributed by atoms with van der Waals surface area (Å²) in [6.45, 7) is 3.96. The van der Waals surface area contributed by atoms with Crippen molar-refractivity contribution in [3.63, 3.8) is 0 Å². The van der Waals surface area contributed by atoms with E-state index < -0.39 is 0 Å². The Morgan fingerprint density at radius 1 is 1.18 bits per heavy atom. The molecular formula is C20H26Cl2FN3OS. The van der Waals surface area contributed by atoms with E-state index >= 15 is 0 Å². The number of carbonyl (C=O) groups is 1. The number of thiazole rings is 1. The Morgan fingerprint density at radius 2 is 1.89 bits per heavy atom. The third-order valence-corrected chi connectivity index (χ3v) is 6.61. The van der Waals surface area contributed by atoms with Gasteiger partial charge in [-0.15, -0.1) is 36.2 Å². The number of aromatic nitrogens is 1. The molecule has 2 aliphatic heterocycles. The largest absolute Gasteiger partial charge is 0.342 e. The summed E-state index contributed by atoms with van der Waals surface area (Å²) in [5, 5.41) is 6.40. The van der Waals surface area contributed by atoms with Crippen LogP contribution in [0.2, 0.25) is 0 Å². The molecular weight excluding hydrogens is 420 g/mol. The van der Waals surface area contributed by atoms with Gasteiger partial charge in [-0.05, 0) is 48.9 Å². The topological polar surface area (TPSA) is 45.2 Å². The molecule has 0 unspecified atom stereocenters. The molecule has 1 N–H and O–H groups in total. The van der Waals surface area contributed by atoms with E-state index in [0.29, 0.717) is 18.3 Å². The third kappa shape index (κ3) is 5.44. The molecule has 154 valence electrons. The van der Waals surface area contributed by atoms with Crippen molar-refractivity contribution in [2.24, 2.45) is 5.41 Å². The molecule has 1 aromatic heterocycles. The molecule has 3 heterocycles. The number of halogens is 3. The van der Waals surface area contributed by atoms with Gasteiger partial charge in [-0.2, -0.15) is 0 Å². The minimum absolute atomic E-state index is 0. The van der Waals surface area contributed by atoms with Crippen LogP contribution in [0.1, 0.15) is 35.5 Å². The van der Waals surface area contributed by atoms with Gasteiger partial charge in [-0.1, -0.05) is 12.1 Å². The zero-order valence-corrected chi connectivity index (χ0v) is 18.1. The van der Waals surface area contributed by atoms with Crippen molar-refractivity contribution < 1.29 is 9.18 Å². The summed E-state index contributed by atoms with van der Waals surface area (Å²) >= 11 is 1.57. The van der Waals surface area contributed by atoms with Crippen LogP contribution in [-0.2, 0) is 17.6 Å². The quantitative estimate of drug-likeness (QED) is 0.776. The maximum atomic E-state index is 13.0. The summed E-state index contributed by atoms with van der Waals surface area (Å²) in [5.74, 6) is -0.0414. The minimum atomic E-state index is -0.226. The van der Waals surface area contributed by atoms with E-state index in [1.165, 1.54) is 18.6 Å². The van der Waals surface area contributed by atoms with Gasteiger partial charge in [0.15, 0.2) is 0 Å². The van der Waals surface area contributed by atoms with Crippen LogP contribution < -0.4 is 5.32 Å². The minimum Gasteiger partial charge on any atom is -0.342 e. The predicted octanol–water partition coefficient (Wildman–Crippen LogP) is 3.86. The molecule has 0 bridgehead atoms. The molecule has 2 aromatic rings. The Kier molecular flexibility index (Phi) is 8.25. The fourth-order valence-electron chi connectivity index (χ4n) is 4.01. The number of hydrogen-bond donors (Lipinski definition) is 1. The summed E-state index contributed by atoms with van der Waals surface area (Å²) in [6, 6.07) is 6.50. The van der Waals surface area contributed by atoms with Gasteiger partial charge in [0.25, 0.3) is 0 Å². The van der Waals surface area contributed by atoms with E-state index in [1.54, 1.807) is 23.5 Å². The summed E-state index contributed by atoms with van der Waals surface area (Å²) in [6.07, 6.45) is 4.52. The van der Waals surface area contributed by atoms with Gasteiger partial charge in [0.1, 0.15) is 5.82 Å². The van der Waals surface area contributed by atoms with E-state index in [1.807, 2.05) is 10.3 Å². The smallest absolute Gasteiger partial charge is 0.228 e. The lowest BCUT2D eigenvalue weighted by Gasteiger charge is -2.38. The molecule has 2 saturated heterocycles. The second-order valence-corrected chi connectivity index (χ2v) is 8.46. The Bertz CT molecular complexity index is 768. The first-order valence-electron chi connectivity index (χ1n) is 9.28. The lowest BCUT2D eigenvalue weighted by Crippen LogP contribution is -2.44. The highest BCUT2D eigenvalue weighted by Crippen LogP contribution is 2.37. The normalized spacial score (nSPS) is 17.8. The number of rotatable bonds is 4. The van der Waals surface area contributed by atoms with Gasteiger partial charge in [0, 0.05) is 31.4 Å². The number of carbonyl (C=O) groups excluding carboxylic acids is 1. The first-order chi connectivity index (χ1) is 12.6. The molecule has 8 heteroatoms. The van der Waals surface area contributed by atoms with Gasteiger partial charge in [0.2, 0.25) is 5.91 Å². The summed E-state index contributed by atoms with van der Waals surface area (Å²) in [4.78, 5) is 19.2. The van der Waals surface area contributed by atoms with Gasteiger partial charge < -0.3 is 10.2 Å². The standard InChI is InChI=1S/C20H24FN3OS.2ClH/c21-16-3-1-15(2-4-16)11-18-23-17(13-26-18)12-19(25)24-9-6-20(7-10-24)5-8-22-14-20;;/h1-4,13,22H,5-12,14H2;2*1H. The van der Waals surface area contributed by atoms with Crippen LogP contribution in [0.4, 0.5) is 4.39 Å². The summed E-state index contributed by atoms with van der Waals surface area (Å²) < 4.78 is 13.0. The van der Waals surface area contributed by atoms with E-state index in [2.05, 4.69) is 10.3 Å². The van der Waals surface area contributed by atoms with Crippen molar-refractivity contribution >= 4 is 42.1 Å². The van der Waals surface area contributed by atoms with E-state index in [-0.39, 0.29) is 36.5 Å². The number of hydrogen-bond acceptors (Lipinski definition) is 4. The van der Waals surface area contributed by atoms with Crippen molar-refractivity contribution in [3.05, 3.63) is 51.7 Å². The number of likely N-dealkylation sites (tertiary alicyclic amines) is 1. The number of amides is 1. The van der Waals surface area contributed by atoms with Gasteiger partial charge in [-0.3, -0.25) is 4.79 Å². The average Bonchev–Trinajstić information content (AvgIpc) is 3.28. The molecule has 0 atom stereocenters. The van der Waals surface area contributed by atoms with Crippen LogP contribution >= 0.6 is 36.2 Å². The SMILES string of the molecule is Cl.Cl.O=C(Cc1csc(Cc2ccc(F)cc2)n1)N1CCC2(CCNC2)CC1. The Morgan fingerprint density at radius 3 is 2.54 bits per heavy atom. The molecule has 1 aromatic carbocycles. The van der Waals surface area contributed by atoms with Gasteiger partial charge in [0.05, 0.1) is 17.1 Å². The highest BCUT2D eigenvalue weighted by atomic mass is 35.5. The van der Waals surface area contributed by atoms with Crippen LogP contribution in [-0.4, -0.2) is 42.0 Å². The molecule has 2 fully saturated rings. The Balaban J connectivity index is 0.00000140. The summed E-state index contributed by atoms with van der Waals surface area (Å²) in [5.41, 5.74) is 2.31. The van der Waals surface area contributed by atoms with E-state index in [0.717, 1.165) is 55.3 Å². The highest BCUT2D eigenvalue weighted by Gasteiger charge is 2.37. The van der Waals surface area contributed by atoms with Crippen molar-refractivity contribution in [2.75, 3.05) is 26.2 Å². The molecule has 0 aliphatic carbocycles. The predicted molar refractivity (Wildman–Crippen MR) is 115 cm³/mol. The fraction of sp³-hybridized carbons (Fsp3) is 0.500. The zero-order valence-electron chi connectivity index (χ0n) is 15.7. The Hall–Kier alpha value is -1.21. The second-order valence-electron chi connectivity index (χ2n) is 7.52. The zero-order chi connectivity index (χ0) is 18.0. The van der Waals surface area contributed by atoms with Crippen molar-refractivity contribution in [2.45, 2.75) is 32.1 Å². The maximum absolute atomic E-state index is 13.0. The third-order valence-electron chi connectivity index (χ3n) is 5.71. The molecule has 0 radical (unpaired) electrons. The average molecular weight is 446 g/mol.